The zero-order chi connectivity index (χ0) is 20.8. The third kappa shape index (κ3) is 3.32. The van der Waals surface area contributed by atoms with E-state index in [9.17, 15) is 8.42 Å². The number of rotatable bonds is 5. The number of benzene rings is 1. The van der Waals surface area contributed by atoms with Crippen molar-refractivity contribution in [3.63, 3.8) is 0 Å². The van der Waals surface area contributed by atoms with E-state index in [1.807, 2.05) is 18.2 Å². The van der Waals surface area contributed by atoms with Gasteiger partial charge in [-0.05, 0) is 24.6 Å². The second kappa shape index (κ2) is 7.26. The van der Waals surface area contributed by atoms with Gasteiger partial charge in [0, 0.05) is 50.5 Å². The van der Waals surface area contributed by atoms with Crippen molar-refractivity contribution in [3.05, 3.63) is 72.1 Å². The Morgan fingerprint density at radius 1 is 1.13 bits per heavy atom. The maximum Gasteiger partial charge on any atom is 0.244 e. The highest BCUT2D eigenvalue weighted by atomic mass is 32.2. The Morgan fingerprint density at radius 2 is 1.93 bits per heavy atom. The summed E-state index contributed by atoms with van der Waals surface area (Å²) in [5.74, 6) is 1.20. The molecule has 9 heteroatoms. The molecule has 0 amide bonds. The topological polar surface area (TPSA) is 92.4 Å². The minimum absolute atomic E-state index is 0.00256. The fourth-order valence-corrected chi connectivity index (χ4v) is 6.22. The number of nitrogens with zero attached hydrogens (tertiary/aromatic N) is 5. The van der Waals surface area contributed by atoms with Crippen LogP contribution in [0.4, 0.5) is 0 Å². The van der Waals surface area contributed by atoms with Crippen LogP contribution in [0.5, 0.6) is 0 Å². The lowest BCUT2D eigenvalue weighted by molar-refractivity contribution is 0.0541. The minimum Gasteiger partial charge on any atom is -0.339 e. The first-order chi connectivity index (χ1) is 14.5. The van der Waals surface area contributed by atoms with Crippen LogP contribution in [0, 0.1) is 12.3 Å². The van der Waals surface area contributed by atoms with Gasteiger partial charge in [0.15, 0.2) is 5.82 Å². The summed E-state index contributed by atoms with van der Waals surface area (Å²) in [5, 5.41) is 3.96. The molecule has 0 N–H and O–H groups in total. The standard InChI is InChI=1S/C21H23N5O3S/c1-16-23-20(29-24-16)19-12-25(11-17-6-3-2-4-7-17)13-21(19)14-26(15-21)30(27,28)18-8-5-9-22-10-18/h2-10,19H,11-15H2,1H3. The van der Waals surface area contributed by atoms with Gasteiger partial charge in [-0.1, -0.05) is 35.5 Å². The van der Waals surface area contributed by atoms with Gasteiger partial charge in [-0.15, -0.1) is 0 Å². The zero-order valence-corrected chi connectivity index (χ0v) is 17.5. The van der Waals surface area contributed by atoms with E-state index in [0.29, 0.717) is 24.8 Å². The molecule has 5 rings (SSSR count). The Balaban J connectivity index is 1.39. The molecule has 1 spiro atoms. The van der Waals surface area contributed by atoms with Crippen LogP contribution >= 0.6 is 0 Å². The van der Waals surface area contributed by atoms with E-state index >= 15 is 0 Å². The van der Waals surface area contributed by atoms with E-state index in [4.69, 9.17) is 4.52 Å². The summed E-state index contributed by atoms with van der Waals surface area (Å²) in [6.07, 6.45) is 2.97. The average molecular weight is 426 g/mol. The van der Waals surface area contributed by atoms with Crippen molar-refractivity contribution in [2.24, 2.45) is 5.41 Å². The third-order valence-corrected chi connectivity index (χ3v) is 7.84. The summed E-state index contributed by atoms with van der Waals surface area (Å²) in [6.45, 7) is 5.02. The fourth-order valence-electron chi connectivity index (χ4n) is 4.62. The molecule has 0 radical (unpaired) electrons. The van der Waals surface area contributed by atoms with Crippen LogP contribution in [0.1, 0.15) is 23.2 Å². The predicted molar refractivity (Wildman–Crippen MR) is 109 cm³/mol. The number of hydrogen-bond acceptors (Lipinski definition) is 7. The van der Waals surface area contributed by atoms with Gasteiger partial charge in [0.1, 0.15) is 4.90 Å². The van der Waals surface area contributed by atoms with Gasteiger partial charge in [-0.25, -0.2) is 8.42 Å². The predicted octanol–water partition coefficient (Wildman–Crippen LogP) is 2.06. The summed E-state index contributed by atoms with van der Waals surface area (Å²) in [4.78, 5) is 11.0. The lowest BCUT2D eigenvalue weighted by atomic mass is 9.73. The lowest BCUT2D eigenvalue weighted by Crippen LogP contribution is -2.61. The summed E-state index contributed by atoms with van der Waals surface area (Å²) in [6, 6.07) is 13.5. The van der Waals surface area contributed by atoms with Gasteiger partial charge >= 0.3 is 0 Å². The number of aryl methyl sites for hydroxylation is 1. The Kier molecular flexibility index (Phi) is 4.68. The zero-order valence-electron chi connectivity index (χ0n) is 16.7. The van der Waals surface area contributed by atoms with E-state index in [1.54, 1.807) is 25.3 Å². The Labute approximate surface area is 175 Å². The van der Waals surface area contributed by atoms with E-state index in [0.717, 1.165) is 19.6 Å². The summed E-state index contributed by atoms with van der Waals surface area (Å²) in [7, 11) is -3.56. The average Bonchev–Trinajstić information content (AvgIpc) is 3.32. The molecule has 2 aliphatic rings. The number of sulfonamides is 1. The smallest absolute Gasteiger partial charge is 0.244 e. The molecule has 30 heavy (non-hydrogen) atoms. The van der Waals surface area contributed by atoms with Crippen molar-refractivity contribution >= 4 is 10.0 Å². The first-order valence-corrected chi connectivity index (χ1v) is 11.4. The van der Waals surface area contributed by atoms with Gasteiger partial charge in [0.2, 0.25) is 15.9 Å². The molecule has 1 atom stereocenters. The SMILES string of the molecule is Cc1noc(C2CN(Cc3ccccc3)CC23CN(S(=O)(=O)c2cccnc2)C3)n1. The number of aromatic nitrogens is 3. The molecule has 2 aromatic heterocycles. The molecular weight excluding hydrogens is 402 g/mol. The van der Waals surface area contributed by atoms with Crippen molar-refractivity contribution in [2.45, 2.75) is 24.3 Å². The molecule has 4 heterocycles. The molecule has 3 aromatic rings. The van der Waals surface area contributed by atoms with Gasteiger partial charge in [0.05, 0.1) is 5.92 Å². The molecule has 0 bridgehead atoms. The van der Waals surface area contributed by atoms with Gasteiger partial charge in [-0.3, -0.25) is 9.88 Å². The molecule has 2 fully saturated rings. The van der Waals surface area contributed by atoms with Crippen molar-refractivity contribution < 1.29 is 12.9 Å². The quantitative estimate of drug-likeness (QED) is 0.618. The van der Waals surface area contributed by atoms with Crippen LogP contribution in [-0.4, -0.2) is 58.9 Å². The molecule has 156 valence electrons. The van der Waals surface area contributed by atoms with Gasteiger partial charge in [-0.2, -0.15) is 9.29 Å². The molecule has 1 aromatic carbocycles. The molecule has 2 saturated heterocycles. The fraction of sp³-hybridized carbons (Fsp3) is 0.381. The third-order valence-electron chi connectivity index (χ3n) is 6.06. The van der Waals surface area contributed by atoms with E-state index in [-0.39, 0.29) is 16.2 Å². The van der Waals surface area contributed by atoms with Crippen LogP contribution in [0.25, 0.3) is 0 Å². The molecule has 2 aliphatic heterocycles. The molecular formula is C21H23N5O3S. The first kappa shape index (κ1) is 19.3. The molecule has 0 aliphatic carbocycles. The number of hydrogen-bond donors (Lipinski definition) is 0. The van der Waals surface area contributed by atoms with E-state index in [2.05, 4.69) is 32.2 Å². The second-order valence-electron chi connectivity index (χ2n) is 8.21. The molecule has 8 nitrogen and oxygen atoms in total. The number of pyridine rings is 1. The largest absolute Gasteiger partial charge is 0.339 e. The van der Waals surface area contributed by atoms with Gasteiger partial charge < -0.3 is 4.52 Å². The molecule has 1 unspecified atom stereocenters. The second-order valence-corrected chi connectivity index (χ2v) is 10.1. The van der Waals surface area contributed by atoms with Gasteiger partial charge in [0.25, 0.3) is 0 Å². The highest BCUT2D eigenvalue weighted by Crippen LogP contribution is 2.50. The Hall–Kier alpha value is -2.62. The lowest BCUT2D eigenvalue weighted by Gasteiger charge is -2.49. The van der Waals surface area contributed by atoms with Crippen LogP contribution in [0.15, 0.2) is 64.3 Å². The monoisotopic (exact) mass is 425 g/mol. The maximum atomic E-state index is 13.0. The Bertz CT molecular complexity index is 1130. The number of likely N-dealkylation sites (tertiary alicyclic amines) is 1. The normalized spacial score (nSPS) is 21.7. The van der Waals surface area contributed by atoms with Crippen molar-refractivity contribution in [3.8, 4) is 0 Å². The van der Waals surface area contributed by atoms with Crippen molar-refractivity contribution in [1.82, 2.24) is 24.3 Å². The van der Waals surface area contributed by atoms with Crippen LogP contribution < -0.4 is 0 Å². The minimum atomic E-state index is -3.56. The van der Waals surface area contributed by atoms with Crippen molar-refractivity contribution in [2.75, 3.05) is 26.2 Å². The van der Waals surface area contributed by atoms with Crippen LogP contribution in [-0.2, 0) is 16.6 Å². The molecule has 0 saturated carbocycles. The maximum absolute atomic E-state index is 13.0. The highest BCUT2D eigenvalue weighted by Gasteiger charge is 2.59. The highest BCUT2D eigenvalue weighted by molar-refractivity contribution is 7.89. The Morgan fingerprint density at radius 3 is 2.60 bits per heavy atom. The summed E-state index contributed by atoms with van der Waals surface area (Å²) >= 11 is 0. The van der Waals surface area contributed by atoms with Crippen LogP contribution in [0.3, 0.4) is 0 Å². The van der Waals surface area contributed by atoms with E-state index in [1.165, 1.54) is 16.1 Å². The van der Waals surface area contributed by atoms with Crippen molar-refractivity contribution in [1.29, 1.82) is 0 Å². The summed E-state index contributed by atoms with van der Waals surface area (Å²) < 4.78 is 33.0. The first-order valence-electron chi connectivity index (χ1n) is 9.93. The van der Waals surface area contributed by atoms with Crippen LogP contribution in [0.2, 0.25) is 0 Å². The summed E-state index contributed by atoms with van der Waals surface area (Å²) in [5.41, 5.74) is 0.998. The van der Waals surface area contributed by atoms with E-state index < -0.39 is 10.0 Å².